The van der Waals surface area contributed by atoms with Crippen LogP contribution in [0, 0.1) is 0 Å². The number of nitrogens with zero attached hydrogens (tertiary/aromatic N) is 4. The Hall–Kier alpha value is -2.40. The number of hydrogen-bond acceptors (Lipinski definition) is 3. The van der Waals surface area contributed by atoms with E-state index < -0.39 is 0 Å². The smallest absolute Gasteiger partial charge is 0.117 e. The summed E-state index contributed by atoms with van der Waals surface area (Å²) in [5.41, 5.74) is 3.33. The number of imidazole rings is 1. The maximum absolute atomic E-state index is 4.69. The highest BCUT2D eigenvalue weighted by atomic mass is 15.1. The van der Waals surface area contributed by atoms with E-state index >= 15 is 0 Å². The van der Waals surface area contributed by atoms with Crippen LogP contribution in [0.15, 0.2) is 48.9 Å². The second-order valence-corrected chi connectivity index (χ2v) is 6.41. The lowest BCUT2D eigenvalue weighted by molar-refractivity contribution is 0.213. The fourth-order valence-corrected chi connectivity index (χ4v) is 3.63. The van der Waals surface area contributed by atoms with Crippen LogP contribution in [-0.4, -0.2) is 44.3 Å². The number of piperidine rings is 1. The molecule has 4 rings (SSSR count). The maximum Gasteiger partial charge on any atom is 0.117 e. The molecule has 2 aromatic heterocycles. The lowest BCUT2D eigenvalue weighted by Crippen LogP contribution is -2.35. The van der Waals surface area contributed by atoms with Gasteiger partial charge in [-0.1, -0.05) is 19.1 Å². The van der Waals surface area contributed by atoms with Gasteiger partial charge in [0.15, 0.2) is 0 Å². The highest BCUT2D eigenvalue weighted by Gasteiger charge is 2.24. The van der Waals surface area contributed by atoms with E-state index in [9.17, 15) is 0 Å². The number of rotatable bonds is 4. The van der Waals surface area contributed by atoms with E-state index in [-0.39, 0.29) is 0 Å². The van der Waals surface area contributed by atoms with Crippen LogP contribution < -0.4 is 0 Å². The van der Waals surface area contributed by atoms with E-state index in [4.69, 9.17) is 4.98 Å². The third-order valence-electron chi connectivity index (χ3n) is 4.92. The maximum atomic E-state index is 4.69. The van der Waals surface area contributed by atoms with Crippen LogP contribution in [0.1, 0.15) is 31.5 Å². The van der Waals surface area contributed by atoms with Crippen molar-refractivity contribution in [3.05, 3.63) is 54.7 Å². The van der Waals surface area contributed by atoms with Crippen molar-refractivity contribution in [2.45, 2.75) is 25.7 Å². The lowest BCUT2D eigenvalue weighted by Gasteiger charge is -2.31. The summed E-state index contributed by atoms with van der Waals surface area (Å²) in [6.45, 7) is 5.67. The molecule has 1 saturated heterocycles. The summed E-state index contributed by atoms with van der Waals surface area (Å²) in [4.78, 5) is 7.22. The zero-order valence-electron chi connectivity index (χ0n) is 14.0. The van der Waals surface area contributed by atoms with Crippen LogP contribution in [0.3, 0.4) is 0 Å². The molecule has 0 unspecified atom stereocenters. The molecule has 124 valence electrons. The predicted octanol–water partition coefficient (Wildman–Crippen LogP) is 3.46. The van der Waals surface area contributed by atoms with Crippen LogP contribution in [0.4, 0.5) is 0 Å². The summed E-state index contributed by atoms with van der Waals surface area (Å²) in [5.74, 6) is 1.68. The molecule has 3 heterocycles. The molecule has 0 aliphatic carbocycles. The van der Waals surface area contributed by atoms with E-state index in [2.05, 4.69) is 57.1 Å². The Morgan fingerprint density at radius 1 is 1.25 bits per heavy atom. The lowest BCUT2D eigenvalue weighted by atomic mass is 9.97. The summed E-state index contributed by atoms with van der Waals surface area (Å²) >= 11 is 0. The van der Waals surface area contributed by atoms with Gasteiger partial charge < -0.3 is 9.47 Å². The third kappa shape index (κ3) is 2.87. The van der Waals surface area contributed by atoms with Crippen molar-refractivity contribution in [2.75, 3.05) is 19.6 Å². The molecule has 1 aliphatic rings. The molecule has 1 aliphatic heterocycles. The minimum absolute atomic E-state index is 0.504. The number of H-pyrrole nitrogens is 1. The van der Waals surface area contributed by atoms with Crippen LogP contribution >= 0.6 is 0 Å². The molecule has 1 N–H and O–H groups in total. The number of benzene rings is 1. The molecule has 0 saturated carbocycles. The summed E-state index contributed by atoms with van der Waals surface area (Å²) < 4.78 is 2.24. The highest BCUT2D eigenvalue weighted by molar-refractivity contribution is 5.62. The van der Waals surface area contributed by atoms with Gasteiger partial charge in [0.1, 0.15) is 5.82 Å². The number of aromatic nitrogens is 4. The van der Waals surface area contributed by atoms with Gasteiger partial charge >= 0.3 is 0 Å². The second kappa shape index (κ2) is 6.61. The normalized spacial score (nSPS) is 18.8. The molecule has 1 atom stereocenters. The van der Waals surface area contributed by atoms with Crippen LogP contribution in [0.25, 0.3) is 16.9 Å². The third-order valence-corrected chi connectivity index (χ3v) is 4.92. The average molecular weight is 321 g/mol. The Bertz CT molecular complexity index is 790. The highest BCUT2D eigenvalue weighted by Crippen LogP contribution is 2.28. The van der Waals surface area contributed by atoms with Crippen molar-refractivity contribution in [3.8, 4) is 16.9 Å². The van der Waals surface area contributed by atoms with E-state index in [1.807, 2.05) is 12.3 Å². The van der Waals surface area contributed by atoms with Gasteiger partial charge in [-0.25, -0.2) is 4.98 Å². The standard InChI is InChI=1S/C19H23N5/c1-2-23-11-4-6-16(14-23)19-20-10-12-24(19)17-7-3-5-15(13-17)18-8-9-21-22-18/h3,5,7-10,12-13,16H,2,4,6,11,14H2,1H3,(H,21,22)/t16-/m0/s1. The first-order valence-electron chi connectivity index (χ1n) is 8.71. The van der Waals surface area contributed by atoms with Gasteiger partial charge in [0.2, 0.25) is 0 Å². The molecule has 0 bridgehead atoms. The SMILES string of the molecule is CCN1CCC[C@H](c2nccn2-c2cccc(-c3ccn[nH]3)c2)C1. The van der Waals surface area contributed by atoms with Crippen molar-refractivity contribution in [1.82, 2.24) is 24.6 Å². The molecule has 5 nitrogen and oxygen atoms in total. The minimum atomic E-state index is 0.504. The van der Waals surface area contributed by atoms with Gasteiger partial charge in [-0.2, -0.15) is 5.10 Å². The first-order valence-corrected chi connectivity index (χ1v) is 8.71. The zero-order valence-corrected chi connectivity index (χ0v) is 14.0. The van der Waals surface area contributed by atoms with Gasteiger partial charge in [-0.3, -0.25) is 5.10 Å². The van der Waals surface area contributed by atoms with E-state index in [1.165, 1.54) is 25.2 Å². The number of aromatic amines is 1. The number of likely N-dealkylation sites (tertiary alicyclic amines) is 1. The van der Waals surface area contributed by atoms with Gasteiger partial charge in [0, 0.05) is 42.3 Å². The molecular weight excluding hydrogens is 298 g/mol. The zero-order chi connectivity index (χ0) is 16.4. The van der Waals surface area contributed by atoms with Gasteiger partial charge in [0.25, 0.3) is 0 Å². The Kier molecular flexibility index (Phi) is 4.17. The predicted molar refractivity (Wildman–Crippen MR) is 95.2 cm³/mol. The Balaban J connectivity index is 1.66. The summed E-state index contributed by atoms with van der Waals surface area (Å²) in [6.07, 6.45) is 8.24. The van der Waals surface area contributed by atoms with Crippen molar-refractivity contribution in [1.29, 1.82) is 0 Å². The Labute approximate surface area is 142 Å². The van der Waals surface area contributed by atoms with Gasteiger partial charge in [-0.05, 0) is 44.1 Å². The molecule has 0 spiro atoms. The van der Waals surface area contributed by atoms with E-state index in [0.29, 0.717) is 5.92 Å². The van der Waals surface area contributed by atoms with Crippen LogP contribution in [-0.2, 0) is 0 Å². The first-order chi connectivity index (χ1) is 11.8. The summed E-state index contributed by atoms with van der Waals surface area (Å²) in [7, 11) is 0. The molecule has 0 amide bonds. The summed E-state index contributed by atoms with van der Waals surface area (Å²) in [6, 6.07) is 10.5. The Morgan fingerprint density at radius 3 is 3.04 bits per heavy atom. The molecule has 3 aromatic rings. The fourth-order valence-electron chi connectivity index (χ4n) is 3.63. The van der Waals surface area contributed by atoms with E-state index in [1.54, 1.807) is 6.20 Å². The van der Waals surface area contributed by atoms with Crippen molar-refractivity contribution in [3.63, 3.8) is 0 Å². The topological polar surface area (TPSA) is 49.7 Å². The van der Waals surface area contributed by atoms with E-state index in [0.717, 1.165) is 30.0 Å². The number of likely N-dealkylation sites (N-methyl/N-ethyl adjacent to an activating group) is 1. The average Bonchev–Trinajstić information content (AvgIpc) is 3.33. The minimum Gasteiger partial charge on any atom is -0.303 e. The number of hydrogen-bond donors (Lipinski definition) is 1. The summed E-state index contributed by atoms with van der Waals surface area (Å²) in [5, 5.41) is 7.09. The monoisotopic (exact) mass is 321 g/mol. The van der Waals surface area contributed by atoms with Crippen molar-refractivity contribution < 1.29 is 0 Å². The largest absolute Gasteiger partial charge is 0.303 e. The van der Waals surface area contributed by atoms with Crippen LogP contribution in [0.2, 0.25) is 0 Å². The molecule has 0 radical (unpaired) electrons. The quantitative estimate of drug-likeness (QED) is 0.800. The van der Waals surface area contributed by atoms with Crippen molar-refractivity contribution in [2.24, 2.45) is 0 Å². The first kappa shape index (κ1) is 15.1. The second-order valence-electron chi connectivity index (χ2n) is 6.41. The van der Waals surface area contributed by atoms with Crippen molar-refractivity contribution >= 4 is 0 Å². The fraction of sp³-hybridized carbons (Fsp3) is 0.368. The molecule has 1 aromatic carbocycles. The molecule has 1 fully saturated rings. The molecule has 5 heteroatoms. The van der Waals surface area contributed by atoms with Gasteiger partial charge in [0.05, 0.1) is 5.69 Å². The number of nitrogens with one attached hydrogen (secondary N) is 1. The molecular formula is C19H23N5. The van der Waals surface area contributed by atoms with Crippen LogP contribution in [0.5, 0.6) is 0 Å². The molecule has 24 heavy (non-hydrogen) atoms. The Morgan fingerprint density at radius 2 is 2.21 bits per heavy atom. The van der Waals surface area contributed by atoms with Gasteiger partial charge in [-0.15, -0.1) is 0 Å².